The van der Waals surface area contributed by atoms with E-state index in [0.29, 0.717) is 28.0 Å². The minimum absolute atomic E-state index is 0.261. The van der Waals surface area contributed by atoms with Crippen molar-refractivity contribution in [3.05, 3.63) is 53.8 Å². The minimum atomic E-state index is -0.993. The average molecular weight is 284 g/mol. The molecule has 0 saturated heterocycles. The van der Waals surface area contributed by atoms with Crippen molar-refractivity contribution in [2.75, 3.05) is 0 Å². The van der Waals surface area contributed by atoms with E-state index >= 15 is 0 Å². The standard InChI is InChI=1S/C16H13FN2O2/c1-10-5-4-6-11(15(10)17)16-18-12-7-2-3-8-13(12)19(16)9-14(20)21/h2-8H,9H2,1H3,(H,20,21). The Labute approximate surface area is 120 Å². The number of carboxylic acids is 1. The number of carbonyl (C=O) groups is 1. The number of fused-ring (bicyclic) bond motifs is 1. The van der Waals surface area contributed by atoms with E-state index in [0.717, 1.165) is 0 Å². The number of benzene rings is 2. The monoisotopic (exact) mass is 284 g/mol. The maximum atomic E-state index is 14.3. The summed E-state index contributed by atoms with van der Waals surface area (Å²) in [6.45, 7) is 1.41. The van der Waals surface area contributed by atoms with Gasteiger partial charge in [0, 0.05) is 0 Å². The first-order valence-corrected chi connectivity index (χ1v) is 6.50. The SMILES string of the molecule is Cc1cccc(-c2nc3ccccc3n2CC(=O)O)c1F. The lowest BCUT2D eigenvalue weighted by atomic mass is 10.1. The molecule has 1 N–H and O–H groups in total. The zero-order valence-electron chi connectivity index (χ0n) is 11.4. The Morgan fingerprint density at radius 3 is 2.76 bits per heavy atom. The predicted octanol–water partition coefficient (Wildman–Crippen LogP) is 3.24. The van der Waals surface area contributed by atoms with Gasteiger partial charge in [0.1, 0.15) is 18.2 Å². The molecule has 0 atom stereocenters. The molecule has 0 unspecified atom stereocenters. The van der Waals surface area contributed by atoms with Crippen LogP contribution in [-0.4, -0.2) is 20.6 Å². The highest BCUT2D eigenvalue weighted by molar-refractivity contribution is 5.83. The molecule has 21 heavy (non-hydrogen) atoms. The number of para-hydroxylation sites is 2. The van der Waals surface area contributed by atoms with Gasteiger partial charge in [-0.25, -0.2) is 9.37 Å². The largest absolute Gasteiger partial charge is 0.480 e. The summed E-state index contributed by atoms with van der Waals surface area (Å²) >= 11 is 0. The van der Waals surface area contributed by atoms with Crippen LogP contribution < -0.4 is 0 Å². The summed E-state index contributed by atoms with van der Waals surface area (Å²) < 4.78 is 15.9. The van der Waals surface area contributed by atoms with Gasteiger partial charge in [0.15, 0.2) is 0 Å². The highest BCUT2D eigenvalue weighted by Crippen LogP contribution is 2.28. The molecular formula is C16H13FN2O2. The van der Waals surface area contributed by atoms with Gasteiger partial charge in [-0.05, 0) is 30.7 Å². The van der Waals surface area contributed by atoms with E-state index in [1.807, 2.05) is 6.07 Å². The molecule has 3 aromatic rings. The van der Waals surface area contributed by atoms with Gasteiger partial charge in [0.25, 0.3) is 0 Å². The number of aryl methyl sites for hydroxylation is 1. The first kappa shape index (κ1) is 13.3. The third-order valence-corrected chi connectivity index (χ3v) is 3.38. The average Bonchev–Trinajstić information content (AvgIpc) is 2.80. The molecule has 0 aliphatic heterocycles. The number of aromatic nitrogens is 2. The molecule has 0 spiro atoms. The Morgan fingerprint density at radius 2 is 2.00 bits per heavy atom. The van der Waals surface area contributed by atoms with Crippen LogP contribution in [0.3, 0.4) is 0 Å². The Hall–Kier alpha value is -2.69. The molecule has 0 aliphatic carbocycles. The molecule has 0 bridgehead atoms. The molecule has 2 aromatic carbocycles. The van der Waals surface area contributed by atoms with Gasteiger partial charge in [-0.2, -0.15) is 0 Å². The zero-order valence-corrected chi connectivity index (χ0v) is 11.4. The number of nitrogens with zero attached hydrogens (tertiary/aromatic N) is 2. The molecule has 0 saturated carbocycles. The summed E-state index contributed by atoms with van der Waals surface area (Å²) in [5.74, 6) is -1.04. The van der Waals surface area contributed by atoms with Crippen LogP contribution in [0.15, 0.2) is 42.5 Å². The molecule has 0 amide bonds. The van der Waals surface area contributed by atoms with E-state index in [1.165, 1.54) is 4.57 Å². The van der Waals surface area contributed by atoms with Gasteiger partial charge in [0.05, 0.1) is 16.6 Å². The zero-order chi connectivity index (χ0) is 15.0. The lowest BCUT2D eigenvalue weighted by Crippen LogP contribution is -2.10. The van der Waals surface area contributed by atoms with Crippen LogP contribution in [-0.2, 0) is 11.3 Å². The fraction of sp³-hybridized carbons (Fsp3) is 0.125. The molecule has 1 heterocycles. The predicted molar refractivity (Wildman–Crippen MR) is 77.5 cm³/mol. The van der Waals surface area contributed by atoms with Crippen LogP contribution >= 0.6 is 0 Å². The van der Waals surface area contributed by atoms with Gasteiger partial charge < -0.3 is 9.67 Å². The highest BCUT2D eigenvalue weighted by Gasteiger charge is 2.18. The molecule has 0 aliphatic rings. The van der Waals surface area contributed by atoms with Gasteiger partial charge in [-0.3, -0.25) is 4.79 Å². The fourth-order valence-corrected chi connectivity index (χ4v) is 2.40. The summed E-state index contributed by atoms with van der Waals surface area (Å²) in [6.07, 6.45) is 0. The van der Waals surface area contributed by atoms with Crippen LogP contribution in [0.5, 0.6) is 0 Å². The first-order chi connectivity index (χ1) is 10.1. The summed E-state index contributed by atoms with van der Waals surface area (Å²) in [4.78, 5) is 15.5. The van der Waals surface area contributed by atoms with E-state index in [-0.39, 0.29) is 12.4 Å². The summed E-state index contributed by atoms with van der Waals surface area (Å²) in [5, 5.41) is 9.10. The van der Waals surface area contributed by atoms with Crippen molar-refractivity contribution in [1.29, 1.82) is 0 Å². The number of aliphatic carboxylic acids is 1. The Morgan fingerprint density at radius 1 is 1.24 bits per heavy atom. The molecular weight excluding hydrogens is 271 g/mol. The molecule has 0 fully saturated rings. The molecule has 5 heteroatoms. The van der Waals surface area contributed by atoms with Crippen molar-refractivity contribution in [2.24, 2.45) is 0 Å². The van der Waals surface area contributed by atoms with Crippen molar-refractivity contribution in [2.45, 2.75) is 13.5 Å². The van der Waals surface area contributed by atoms with E-state index < -0.39 is 5.97 Å². The Balaban J connectivity index is 2.31. The van der Waals surface area contributed by atoms with Crippen molar-refractivity contribution < 1.29 is 14.3 Å². The Bertz CT molecular complexity index is 839. The number of hydrogen-bond acceptors (Lipinski definition) is 2. The summed E-state index contributed by atoms with van der Waals surface area (Å²) in [6, 6.07) is 12.2. The first-order valence-electron chi connectivity index (χ1n) is 6.50. The smallest absolute Gasteiger partial charge is 0.323 e. The van der Waals surface area contributed by atoms with Crippen molar-refractivity contribution >= 4 is 17.0 Å². The highest BCUT2D eigenvalue weighted by atomic mass is 19.1. The van der Waals surface area contributed by atoms with Gasteiger partial charge in [0.2, 0.25) is 0 Å². The lowest BCUT2D eigenvalue weighted by Gasteiger charge is -2.08. The van der Waals surface area contributed by atoms with Crippen LogP contribution in [0.4, 0.5) is 4.39 Å². The van der Waals surface area contributed by atoms with Crippen molar-refractivity contribution in [1.82, 2.24) is 9.55 Å². The molecule has 0 radical (unpaired) electrons. The maximum absolute atomic E-state index is 14.3. The lowest BCUT2D eigenvalue weighted by molar-refractivity contribution is -0.137. The normalized spacial score (nSPS) is 11.0. The second-order valence-corrected chi connectivity index (χ2v) is 4.84. The van der Waals surface area contributed by atoms with Gasteiger partial charge in [-0.1, -0.05) is 24.3 Å². The maximum Gasteiger partial charge on any atom is 0.323 e. The Kier molecular flexibility index (Phi) is 3.17. The fourth-order valence-electron chi connectivity index (χ4n) is 2.40. The topological polar surface area (TPSA) is 55.1 Å². The molecule has 4 nitrogen and oxygen atoms in total. The number of rotatable bonds is 3. The third kappa shape index (κ3) is 2.27. The third-order valence-electron chi connectivity index (χ3n) is 3.38. The van der Waals surface area contributed by atoms with Crippen LogP contribution in [0.25, 0.3) is 22.4 Å². The van der Waals surface area contributed by atoms with E-state index in [2.05, 4.69) is 4.98 Å². The van der Waals surface area contributed by atoms with E-state index in [1.54, 1.807) is 43.3 Å². The van der Waals surface area contributed by atoms with Crippen molar-refractivity contribution in [3.63, 3.8) is 0 Å². The van der Waals surface area contributed by atoms with Crippen molar-refractivity contribution in [3.8, 4) is 11.4 Å². The van der Waals surface area contributed by atoms with Crippen LogP contribution in [0.1, 0.15) is 5.56 Å². The van der Waals surface area contributed by atoms with Crippen LogP contribution in [0.2, 0.25) is 0 Å². The number of hydrogen-bond donors (Lipinski definition) is 1. The number of carboxylic acid groups (broad SMARTS) is 1. The molecule has 1 aromatic heterocycles. The minimum Gasteiger partial charge on any atom is -0.480 e. The second-order valence-electron chi connectivity index (χ2n) is 4.84. The van der Waals surface area contributed by atoms with Gasteiger partial charge in [-0.15, -0.1) is 0 Å². The molecule has 3 rings (SSSR count). The quantitative estimate of drug-likeness (QED) is 0.803. The number of halogens is 1. The number of imidazole rings is 1. The van der Waals surface area contributed by atoms with E-state index in [9.17, 15) is 9.18 Å². The van der Waals surface area contributed by atoms with Gasteiger partial charge >= 0.3 is 5.97 Å². The van der Waals surface area contributed by atoms with E-state index in [4.69, 9.17) is 5.11 Å². The second kappa shape index (κ2) is 5.01. The summed E-state index contributed by atoms with van der Waals surface area (Å²) in [7, 11) is 0. The van der Waals surface area contributed by atoms with Crippen LogP contribution in [0, 0.1) is 12.7 Å². The molecule has 106 valence electrons. The summed E-state index contributed by atoms with van der Waals surface area (Å²) in [5.41, 5.74) is 2.14.